The monoisotopic (exact) mass is 410 g/mol. The average molecular weight is 410 g/mol. The van der Waals surface area contributed by atoms with Gasteiger partial charge >= 0.3 is 12.1 Å². The minimum atomic E-state index is -0.937. The minimum absolute atomic E-state index is 0.154. The van der Waals surface area contributed by atoms with Crippen molar-refractivity contribution in [3.05, 3.63) is 71.8 Å². The smallest absolute Gasteiger partial charge is 0.408 e. The molecule has 1 saturated heterocycles. The van der Waals surface area contributed by atoms with Crippen LogP contribution >= 0.6 is 0 Å². The molecule has 158 valence electrons. The van der Waals surface area contributed by atoms with E-state index in [4.69, 9.17) is 9.47 Å². The molecule has 30 heavy (non-hydrogen) atoms. The van der Waals surface area contributed by atoms with Crippen LogP contribution in [0.15, 0.2) is 60.7 Å². The first-order chi connectivity index (χ1) is 14.6. The first-order valence-corrected chi connectivity index (χ1v) is 10.1. The fourth-order valence-electron chi connectivity index (χ4n) is 3.49. The number of rotatable bonds is 7. The van der Waals surface area contributed by atoms with Crippen molar-refractivity contribution >= 4 is 18.0 Å². The summed E-state index contributed by atoms with van der Waals surface area (Å²) in [6.07, 6.45) is 0.542. The van der Waals surface area contributed by atoms with Gasteiger partial charge in [-0.1, -0.05) is 60.7 Å². The molecule has 2 aromatic rings. The zero-order chi connectivity index (χ0) is 21.3. The van der Waals surface area contributed by atoms with Gasteiger partial charge in [0, 0.05) is 6.54 Å². The summed E-state index contributed by atoms with van der Waals surface area (Å²) in [7, 11) is 0. The highest BCUT2D eigenvalue weighted by Gasteiger charge is 2.39. The van der Waals surface area contributed by atoms with Gasteiger partial charge in [-0.25, -0.2) is 9.59 Å². The molecule has 1 fully saturated rings. The maximum absolute atomic E-state index is 13.3. The Morgan fingerprint density at radius 1 is 1.03 bits per heavy atom. The van der Waals surface area contributed by atoms with Crippen LogP contribution in [-0.2, 0) is 25.7 Å². The van der Waals surface area contributed by atoms with Gasteiger partial charge in [0.1, 0.15) is 18.7 Å². The highest BCUT2D eigenvalue weighted by Crippen LogP contribution is 2.25. The zero-order valence-corrected chi connectivity index (χ0v) is 17.0. The maximum Gasteiger partial charge on any atom is 0.408 e. The van der Waals surface area contributed by atoms with Crippen LogP contribution in [0.25, 0.3) is 0 Å². The largest absolute Gasteiger partial charge is 0.459 e. The number of esters is 1. The molecule has 0 spiro atoms. The normalized spacial score (nSPS) is 16.6. The van der Waals surface area contributed by atoms with Crippen LogP contribution in [0.3, 0.4) is 0 Å². The molecule has 0 radical (unpaired) electrons. The zero-order valence-electron chi connectivity index (χ0n) is 17.0. The molecule has 7 heteroatoms. The molecule has 2 unspecified atom stereocenters. The molecule has 7 nitrogen and oxygen atoms in total. The van der Waals surface area contributed by atoms with Crippen molar-refractivity contribution < 1.29 is 23.9 Å². The molecule has 1 aliphatic heterocycles. The van der Waals surface area contributed by atoms with Crippen molar-refractivity contribution in [2.24, 2.45) is 0 Å². The third-order valence-electron chi connectivity index (χ3n) is 4.95. The van der Waals surface area contributed by atoms with E-state index in [0.29, 0.717) is 24.9 Å². The average Bonchev–Trinajstić information content (AvgIpc) is 3.27. The van der Waals surface area contributed by atoms with Crippen molar-refractivity contribution in [3.8, 4) is 0 Å². The van der Waals surface area contributed by atoms with Crippen LogP contribution in [0.1, 0.15) is 36.9 Å². The van der Waals surface area contributed by atoms with Gasteiger partial charge in [-0.2, -0.15) is 0 Å². The van der Waals surface area contributed by atoms with Crippen LogP contribution in [0, 0.1) is 0 Å². The Hall–Kier alpha value is -3.35. The number of carbonyl (C=O) groups excluding carboxylic acids is 3. The number of nitrogens with one attached hydrogen (secondary N) is 1. The SMILES string of the molecule is CCOC(=O)NC(C(=O)N1CCCC1C(=O)OCc1ccccc1)c1ccccc1. The molecule has 1 N–H and O–H groups in total. The van der Waals surface area contributed by atoms with E-state index >= 15 is 0 Å². The Labute approximate surface area is 176 Å². The third-order valence-corrected chi connectivity index (χ3v) is 4.95. The predicted octanol–water partition coefficient (Wildman–Crippen LogP) is 3.21. The number of ether oxygens (including phenoxy) is 2. The van der Waals surface area contributed by atoms with Crippen LogP contribution in [0.5, 0.6) is 0 Å². The van der Waals surface area contributed by atoms with E-state index in [2.05, 4.69) is 5.32 Å². The van der Waals surface area contributed by atoms with Crippen molar-refractivity contribution in [1.82, 2.24) is 10.2 Å². The van der Waals surface area contributed by atoms with Gasteiger partial charge in [-0.3, -0.25) is 4.79 Å². The van der Waals surface area contributed by atoms with Crippen molar-refractivity contribution in [3.63, 3.8) is 0 Å². The Morgan fingerprint density at radius 2 is 1.70 bits per heavy atom. The second-order valence-corrected chi connectivity index (χ2v) is 6.99. The molecule has 2 atom stereocenters. The lowest BCUT2D eigenvalue weighted by Gasteiger charge is -2.28. The van der Waals surface area contributed by atoms with E-state index < -0.39 is 24.1 Å². The van der Waals surface area contributed by atoms with Gasteiger partial charge in [0.15, 0.2) is 0 Å². The number of hydrogen-bond donors (Lipinski definition) is 1. The standard InChI is InChI=1S/C23H26N2O5/c1-2-29-23(28)24-20(18-12-7-4-8-13-18)21(26)25-15-9-14-19(25)22(27)30-16-17-10-5-3-6-11-17/h3-8,10-13,19-20H,2,9,14-16H2,1H3,(H,24,28). The van der Waals surface area contributed by atoms with E-state index in [1.165, 1.54) is 4.90 Å². The molecular formula is C23H26N2O5. The van der Waals surface area contributed by atoms with E-state index in [9.17, 15) is 14.4 Å². The summed E-state index contributed by atoms with van der Waals surface area (Å²) in [5, 5.41) is 2.62. The van der Waals surface area contributed by atoms with Gasteiger partial charge in [0.25, 0.3) is 5.91 Å². The van der Waals surface area contributed by atoms with Gasteiger partial charge < -0.3 is 19.7 Å². The van der Waals surface area contributed by atoms with E-state index in [-0.39, 0.29) is 19.1 Å². The lowest BCUT2D eigenvalue weighted by molar-refractivity contribution is -0.155. The molecule has 1 aliphatic rings. The number of amides is 2. The Morgan fingerprint density at radius 3 is 2.37 bits per heavy atom. The Kier molecular flexibility index (Phi) is 7.43. The first kappa shape index (κ1) is 21.4. The second kappa shape index (κ2) is 10.4. The maximum atomic E-state index is 13.3. The molecule has 2 amide bonds. The topological polar surface area (TPSA) is 84.9 Å². The summed E-state index contributed by atoms with van der Waals surface area (Å²) >= 11 is 0. The van der Waals surface area contributed by atoms with Crippen LogP contribution < -0.4 is 5.32 Å². The number of hydrogen-bond acceptors (Lipinski definition) is 5. The van der Waals surface area contributed by atoms with Gasteiger partial charge in [0.2, 0.25) is 0 Å². The lowest BCUT2D eigenvalue weighted by atomic mass is 10.1. The summed E-state index contributed by atoms with van der Waals surface area (Å²) in [6.45, 7) is 2.47. The van der Waals surface area contributed by atoms with Crippen LogP contribution in [0.4, 0.5) is 4.79 Å². The quantitative estimate of drug-likeness (QED) is 0.709. The molecule has 0 bridgehead atoms. The van der Waals surface area contributed by atoms with Crippen LogP contribution in [-0.4, -0.2) is 42.1 Å². The predicted molar refractivity (Wildman–Crippen MR) is 110 cm³/mol. The number of benzene rings is 2. The highest BCUT2D eigenvalue weighted by atomic mass is 16.5. The second-order valence-electron chi connectivity index (χ2n) is 6.99. The summed E-state index contributed by atoms with van der Waals surface area (Å²) < 4.78 is 10.4. The summed E-state index contributed by atoms with van der Waals surface area (Å²) in [5.74, 6) is -0.791. The fourth-order valence-corrected chi connectivity index (χ4v) is 3.49. The fraction of sp³-hybridized carbons (Fsp3) is 0.348. The molecule has 0 aromatic heterocycles. The Bertz CT molecular complexity index is 856. The van der Waals surface area contributed by atoms with Crippen molar-refractivity contribution in [2.45, 2.75) is 38.5 Å². The molecule has 0 saturated carbocycles. The molecule has 1 heterocycles. The van der Waals surface area contributed by atoms with E-state index in [0.717, 1.165) is 5.56 Å². The number of carbonyl (C=O) groups is 3. The van der Waals surface area contributed by atoms with Gasteiger partial charge in [-0.05, 0) is 30.9 Å². The number of alkyl carbamates (subject to hydrolysis) is 1. The minimum Gasteiger partial charge on any atom is -0.459 e. The van der Waals surface area contributed by atoms with Crippen molar-refractivity contribution in [2.75, 3.05) is 13.2 Å². The highest BCUT2D eigenvalue weighted by molar-refractivity contribution is 5.91. The first-order valence-electron chi connectivity index (χ1n) is 10.1. The van der Waals surface area contributed by atoms with E-state index in [1.807, 2.05) is 36.4 Å². The summed E-state index contributed by atoms with van der Waals surface area (Å²) in [6, 6.07) is 16.7. The number of nitrogens with zero attached hydrogens (tertiary/aromatic N) is 1. The van der Waals surface area contributed by atoms with E-state index in [1.54, 1.807) is 31.2 Å². The summed E-state index contributed by atoms with van der Waals surface area (Å²) in [5.41, 5.74) is 1.51. The molecular weight excluding hydrogens is 384 g/mol. The van der Waals surface area contributed by atoms with Gasteiger partial charge in [0.05, 0.1) is 6.61 Å². The van der Waals surface area contributed by atoms with Gasteiger partial charge in [-0.15, -0.1) is 0 Å². The third kappa shape index (κ3) is 5.37. The number of likely N-dealkylation sites (tertiary alicyclic amines) is 1. The lowest BCUT2D eigenvalue weighted by Crippen LogP contribution is -2.47. The summed E-state index contributed by atoms with van der Waals surface area (Å²) in [4.78, 5) is 39.5. The van der Waals surface area contributed by atoms with Crippen molar-refractivity contribution in [1.29, 1.82) is 0 Å². The van der Waals surface area contributed by atoms with Crippen LogP contribution in [0.2, 0.25) is 0 Å². The molecule has 2 aromatic carbocycles. The molecule has 0 aliphatic carbocycles. The Balaban J connectivity index is 1.72. The molecule has 3 rings (SSSR count).